The number of nitrogens with one attached hydrogen (secondary N) is 2. The Balaban J connectivity index is 1.84. The molecule has 2 N–H and O–H groups in total. The summed E-state index contributed by atoms with van der Waals surface area (Å²) in [7, 11) is -2.07. The first kappa shape index (κ1) is 18.5. The lowest BCUT2D eigenvalue weighted by molar-refractivity contribution is 0.411. The fraction of sp³-hybridized carbons (Fsp3) is 0.300. The van der Waals surface area contributed by atoms with Crippen molar-refractivity contribution in [2.45, 2.75) is 37.6 Å². The zero-order valence-electron chi connectivity index (χ0n) is 15.5. The van der Waals surface area contributed by atoms with E-state index in [1.807, 2.05) is 51.2 Å². The molecule has 2 aromatic carbocycles. The van der Waals surface area contributed by atoms with E-state index < -0.39 is 15.6 Å². The summed E-state index contributed by atoms with van der Waals surface area (Å²) >= 11 is 0. The first-order chi connectivity index (χ1) is 12.2. The smallest absolute Gasteiger partial charge is 0.241 e. The molecule has 0 radical (unpaired) electrons. The molecule has 0 unspecified atom stereocenters. The summed E-state index contributed by atoms with van der Waals surface area (Å²) in [6, 6.07) is 12.9. The number of aromatic amines is 1. The zero-order valence-corrected chi connectivity index (χ0v) is 16.3. The highest BCUT2D eigenvalue weighted by atomic mass is 32.2. The van der Waals surface area contributed by atoms with Gasteiger partial charge in [0.1, 0.15) is 5.75 Å². The van der Waals surface area contributed by atoms with E-state index in [0.717, 1.165) is 22.0 Å². The van der Waals surface area contributed by atoms with E-state index in [4.69, 9.17) is 4.74 Å². The van der Waals surface area contributed by atoms with Crippen molar-refractivity contribution in [3.63, 3.8) is 0 Å². The number of hydrogen-bond donors (Lipinski definition) is 2. The second-order valence-electron chi connectivity index (χ2n) is 7.16. The predicted octanol–water partition coefficient (Wildman–Crippen LogP) is 3.78. The van der Waals surface area contributed by atoms with Crippen LogP contribution in [0.3, 0.4) is 0 Å². The van der Waals surface area contributed by atoms with Gasteiger partial charge in [0.15, 0.2) is 0 Å². The minimum atomic E-state index is -3.64. The molecule has 0 fully saturated rings. The summed E-state index contributed by atoms with van der Waals surface area (Å²) in [5.74, 6) is 0.669. The van der Waals surface area contributed by atoms with Gasteiger partial charge in [0.05, 0.1) is 12.0 Å². The maximum atomic E-state index is 12.8. The molecule has 0 saturated heterocycles. The topological polar surface area (TPSA) is 71.2 Å². The van der Waals surface area contributed by atoms with Crippen LogP contribution < -0.4 is 9.46 Å². The number of hydrogen-bond acceptors (Lipinski definition) is 3. The molecular formula is C20H24N2O3S. The van der Waals surface area contributed by atoms with Gasteiger partial charge < -0.3 is 9.72 Å². The normalized spacial score (nSPS) is 12.5. The number of methoxy groups -OCH3 is 1. The molecule has 0 aliphatic carbocycles. The van der Waals surface area contributed by atoms with Crippen molar-refractivity contribution in [2.75, 3.05) is 7.11 Å². The van der Waals surface area contributed by atoms with Crippen LogP contribution in [0.15, 0.2) is 53.6 Å². The lowest BCUT2D eigenvalue weighted by Crippen LogP contribution is -2.44. The molecule has 5 nitrogen and oxygen atoms in total. The van der Waals surface area contributed by atoms with Crippen molar-refractivity contribution in [3.8, 4) is 5.75 Å². The molecule has 138 valence electrons. The highest BCUT2D eigenvalue weighted by molar-refractivity contribution is 7.89. The molecular weight excluding hydrogens is 348 g/mol. The van der Waals surface area contributed by atoms with E-state index >= 15 is 0 Å². The monoisotopic (exact) mass is 372 g/mol. The third-order valence-corrected chi connectivity index (χ3v) is 6.09. The lowest BCUT2D eigenvalue weighted by Gasteiger charge is -2.26. The van der Waals surface area contributed by atoms with Crippen LogP contribution in [0.1, 0.15) is 25.0 Å². The fourth-order valence-corrected chi connectivity index (χ4v) is 4.73. The zero-order chi connectivity index (χ0) is 18.9. The summed E-state index contributed by atoms with van der Waals surface area (Å²) in [5.41, 5.74) is 2.27. The third-order valence-electron chi connectivity index (χ3n) is 4.39. The van der Waals surface area contributed by atoms with Crippen LogP contribution in [0.5, 0.6) is 5.75 Å². The molecule has 0 bridgehead atoms. The van der Waals surface area contributed by atoms with Crippen molar-refractivity contribution < 1.29 is 13.2 Å². The Morgan fingerprint density at radius 3 is 2.58 bits per heavy atom. The van der Waals surface area contributed by atoms with Gasteiger partial charge in [-0.2, -0.15) is 0 Å². The van der Waals surface area contributed by atoms with E-state index in [9.17, 15) is 8.42 Å². The van der Waals surface area contributed by atoms with Gasteiger partial charge in [0.2, 0.25) is 10.0 Å². The Bertz CT molecular complexity index is 1040. The second kappa shape index (κ2) is 6.78. The minimum Gasteiger partial charge on any atom is -0.496 e. The Labute approximate surface area is 154 Å². The van der Waals surface area contributed by atoms with E-state index in [-0.39, 0.29) is 4.90 Å². The van der Waals surface area contributed by atoms with Gasteiger partial charge in [-0.1, -0.05) is 18.2 Å². The maximum Gasteiger partial charge on any atom is 0.241 e. The van der Waals surface area contributed by atoms with Gasteiger partial charge in [-0.05, 0) is 62.6 Å². The number of H-pyrrole nitrogens is 1. The molecule has 0 atom stereocenters. The highest BCUT2D eigenvalue weighted by Crippen LogP contribution is 2.25. The molecule has 1 aromatic heterocycles. The van der Waals surface area contributed by atoms with Gasteiger partial charge in [0, 0.05) is 22.6 Å². The van der Waals surface area contributed by atoms with Crippen LogP contribution in [0.2, 0.25) is 0 Å². The molecule has 0 aliphatic rings. The van der Waals surface area contributed by atoms with Crippen molar-refractivity contribution >= 4 is 20.9 Å². The molecule has 26 heavy (non-hydrogen) atoms. The summed E-state index contributed by atoms with van der Waals surface area (Å²) in [6.07, 6.45) is 2.52. The third kappa shape index (κ3) is 3.76. The average molecular weight is 372 g/mol. The highest BCUT2D eigenvalue weighted by Gasteiger charge is 2.27. The van der Waals surface area contributed by atoms with Crippen LogP contribution in [-0.4, -0.2) is 26.1 Å². The lowest BCUT2D eigenvalue weighted by atomic mass is 9.96. The van der Waals surface area contributed by atoms with Crippen LogP contribution in [0.25, 0.3) is 10.9 Å². The summed E-state index contributed by atoms with van der Waals surface area (Å²) in [6.45, 7) is 5.61. The van der Waals surface area contributed by atoms with Crippen LogP contribution in [0, 0.1) is 6.92 Å². The number of fused-ring (bicyclic) bond motifs is 1. The standard InChI is InChI=1S/C20H24N2O3S/c1-14-11-16(9-10-19(14)25-4)26(23,24)22-20(2,3)12-15-13-21-18-8-6-5-7-17(15)18/h5-11,13,21-22H,12H2,1-4H3. The molecule has 3 aromatic rings. The Morgan fingerprint density at radius 2 is 1.88 bits per heavy atom. The molecule has 0 amide bonds. The number of aromatic nitrogens is 1. The summed E-state index contributed by atoms with van der Waals surface area (Å²) < 4.78 is 33.7. The Kier molecular flexibility index (Phi) is 4.82. The molecule has 1 heterocycles. The largest absolute Gasteiger partial charge is 0.496 e. The maximum absolute atomic E-state index is 12.8. The molecule has 3 rings (SSSR count). The van der Waals surface area contributed by atoms with Crippen molar-refractivity contribution in [3.05, 3.63) is 59.8 Å². The number of benzene rings is 2. The number of para-hydroxylation sites is 1. The summed E-state index contributed by atoms with van der Waals surface area (Å²) in [4.78, 5) is 3.47. The summed E-state index contributed by atoms with van der Waals surface area (Å²) in [5, 5.41) is 1.11. The van der Waals surface area contributed by atoms with Gasteiger partial charge in [-0.3, -0.25) is 0 Å². The number of rotatable bonds is 6. The van der Waals surface area contributed by atoms with Crippen molar-refractivity contribution in [2.24, 2.45) is 0 Å². The predicted molar refractivity (Wildman–Crippen MR) is 104 cm³/mol. The second-order valence-corrected chi connectivity index (χ2v) is 8.84. The molecule has 6 heteroatoms. The van der Waals surface area contributed by atoms with Gasteiger partial charge >= 0.3 is 0 Å². The van der Waals surface area contributed by atoms with Crippen molar-refractivity contribution in [1.82, 2.24) is 9.71 Å². The number of sulfonamides is 1. The first-order valence-electron chi connectivity index (χ1n) is 8.45. The molecule has 0 spiro atoms. The number of ether oxygens (including phenoxy) is 1. The van der Waals surface area contributed by atoms with Gasteiger partial charge in [-0.25, -0.2) is 13.1 Å². The number of aryl methyl sites for hydroxylation is 1. The quantitative estimate of drug-likeness (QED) is 0.692. The van der Waals surface area contributed by atoms with Crippen LogP contribution in [0.4, 0.5) is 0 Å². The minimum absolute atomic E-state index is 0.239. The first-order valence-corrected chi connectivity index (χ1v) is 9.94. The van der Waals surface area contributed by atoms with E-state index in [1.54, 1.807) is 25.3 Å². The van der Waals surface area contributed by atoms with Crippen LogP contribution >= 0.6 is 0 Å². The molecule has 0 saturated carbocycles. The molecule has 0 aliphatic heterocycles. The average Bonchev–Trinajstić information content (AvgIpc) is 2.96. The fourth-order valence-electron chi connectivity index (χ4n) is 3.23. The van der Waals surface area contributed by atoms with E-state index in [0.29, 0.717) is 12.2 Å². The van der Waals surface area contributed by atoms with Gasteiger partial charge in [-0.15, -0.1) is 0 Å². The Hall–Kier alpha value is -2.31. The SMILES string of the molecule is COc1ccc(S(=O)(=O)NC(C)(C)Cc2c[nH]c3ccccc23)cc1C. The van der Waals surface area contributed by atoms with Crippen LogP contribution in [-0.2, 0) is 16.4 Å². The van der Waals surface area contributed by atoms with Gasteiger partial charge in [0.25, 0.3) is 0 Å². The van der Waals surface area contributed by atoms with E-state index in [2.05, 4.69) is 9.71 Å². The van der Waals surface area contributed by atoms with Crippen molar-refractivity contribution in [1.29, 1.82) is 0 Å². The van der Waals surface area contributed by atoms with E-state index in [1.165, 1.54) is 0 Å². The Morgan fingerprint density at radius 1 is 1.15 bits per heavy atom.